The SMILES string of the molecule is CN1CCN(c2ccccc2NS(=O)(=O)c2ccc(OC(F)(F)F)cc2)CC1. The van der Waals surface area contributed by atoms with Crippen LogP contribution in [0.5, 0.6) is 5.75 Å². The van der Waals surface area contributed by atoms with Crippen LogP contribution in [0.1, 0.15) is 0 Å². The molecule has 6 nitrogen and oxygen atoms in total. The van der Waals surface area contributed by atoms with Crippen molar-refractivity contribution in [3.63, 3.8) is 0 Å². The number of rotatable bonds is 5. The first-order valence-electron chi connectivity index (χ1n) is 8.55. The normalized spacial score (nSPS) is 16.1. The Bertz CT molecular complexity index is 910. The number of hydrogen-bond acceptors (Lipinski definition) is 5. The fourth-order valence-corrected chi connectivity index (χ4v) is 3.98. The highest BCUT2D eigenvalue weighted by atomic mass is 32.2. The van der Waals surface area contributed by atoms with E-state index >= 15 is 0 Å². The minimum atomic E-state index is -4.83. The maximum Gasteiger partial charge on any atom is 0.573 e. The molecule has 0 unspecified atom stereocenters. The molecule has 28 heavy (non-hydrogen) atoms. The maximum absolute atomic E-state index is 12.7. The summed E-state index contributed by atoms with van der Waals surface area (Å²) in [4.78, 5) is 4.13. The molecule has 0 saturated carbocycles. The van der Waals surface area contributed by atoms with Crippen LogP contribution < -0.4 is 14.4 Å². The van der Waals surface area contributed by atoms with Crippen LogP contribution in [0.3, 0.4) is 0 Å². The topological polar surface area (TPSA) is 61.9 Å². The van der Waals surface area contributed by atoms with Crippen LogP contribution in [0.2, 0.25) is 0 Å². The smallest absolute Gasteiger partial charge is 0.406 e. The predicted octanol–water partition coefficient (Wildman–Crippen LogP) is 3.14. The summed E-state index contributed by atoms with van der Waals surface area (Å²) in [6.07, 6.45) is -4.83. The standard InChI is InChI=1S/C18H20F3N3O3S/c1-23-10-12-24(13-11-23)17-5-3-2-4-16(17)22-28(25,26)15-8-6-14(7-9-15)27-18(19,20)21/h2-9,22H,10-13H2,1H3. The number of para-hydroxylation sites is 2. The Morgan fingerprint density at radius 1 is 0.964 bits per heavy atom. The number of piperazine rings is 1. The van der Waals surface area contributed by atoms with E-state index in [9.17, 15) is 21.6 Å². The lowest BCUT2D eigenvalue weighted by molar-refractivity contribution is -0.274. The third kappa shape index (κ3) is 5.08. The maximum atomic E-state index is 12.7. The molecule has 0 aliphatic carbocycles. The molecule has 2 aromatic rings. The summed E-state index contributed by atoms with van der Waals surface area (Å²) >= 11 is 0. The lowest BCUT2D eigenvalue weighted by Crippen LogP contribution is -2.44. The van der Waals surface area contributed by atoms with Crippen LogP contribution in [-0.2, 0) is 10.0 Å². The van der Waals surface area contributed by atoms with Gasteiger partial charge in [0.05, 0.1) is 16.3 Å². The van der Waals surface area contributed by atoms with Gasteiger partial charge in [0.1, 0.15) is 5.75 Å². The third-order valence-corrected chi connectivity index (χ3v) is 5.74. The average molecular weight is 415 g/mol. The number of alkyl halides is 3. The summed E-state index contributed by atoms with van der Waals surface area (Å²) in [5.74, 6) is -0.482. The fourth-order valence-electron chi connectivity index (χ4n) is 2.91. The predicted molar refractivity (Wildman–Crippen MR) is 100 cm³/mol. The van der Waals surface area contributed by atoms with Crippen LogP contribution in [-0.4, -0.2) is 52.9 Å². The van der Waals surface area contributed by atoms with Crippen molar-refractivity contribution < 1.29 is 26.3 Å². The molecular weight excluding hydrogens is 395 g/mol. The van der Waals surface area contributed by atoms with Gasteiger partial charge in [-0.2, -0.15) is 0 Å². The Morgan fingerprint density at radius 2 is 1.57 bits per heavy atom. The zero-order valence-electron chi connectivity index (χ0n) is 15.1. The number of anilines is 2. The Morgan fingerprint density at radius 3 is 2.18 bits per heavy atom. The molecule has 2 aromatic carbocycles. The van der Waals surface area contributed by atoms with Gasteiger partial charge in [0, 0.05) is 26.2 Å². The van der Waals surface area contributed by atoms with Crippen molar-refractivity contribution in [1.82, 2.24) is 4.90 Å². The highest BCUT2D eigenvalue weighted by molar-refractivity contribution is 7.92. The molecule has 0 spiro atoms. The van der Waals surface area contributed by atoms with Gasteiger partial charge < -0.3 is 14.5 Å². The van der Waals surface area contributed by atoms with Gasteiger partial charge in [-0.3, -0.25) is 4.72 Å². The van der Waals surface area contributed by atoms with Crippen molar-refractivity contribution in [2.45, 2.75) is 11.3 Å². The number of benzene rings is 2. The highest BCUT2D eigenvalue weighted by Gasteiger charge is 2.31. The number of sulfonamides is 1. The van der Waals surface area contributed by atoms with Crippen molar-refractivity contribution >= 4 is 21.4 Å². The van der Waals surface area contributed by atoms with E-state index in [1.54, 1.807) is 12.1 Å². The van der Waals surface area contributed by atoms with E-state index in [2.05, 4.69) is 19.3 Å². The molecule has 0 atom stereocenters. The second-order valence-electron chi connectivity index (χ2n) is 6.43. The van der Waals surface area contributed by atoms with Crippen LogP contribution in [0, 0.1) is 0 Å². The summed E-state index contributed by atoms with van der Waals surface area (Å²) in [6.45, 7) is 3.25. The van der Waals surface area contributed by atoms with Crippen molar-refractivity contribution in [2.75, 3.05) is 42.8 Å². The first-order chi connectivity index (χ1) is 13.1. The van der Waals surface area contributed by atoms with Gasteiger partial charge in [-0.25, -0.2) is 8.42 Å². The van der Waals surface area contributed by atoms with Crippen molar-refractivity contribution in [3.05, 3.63) is 48.5 Å². The summed E-state index contributed by atoms with van der Waals surface area (Å²) in [5.41, 5.74) is 1.18. The molecule has 0 aromatic heterocycles. The van der Waals surface area contributed by atoms with E-state index in [0.717, 1.165) is 56.1 Å². The van der Waals surface area contributed by atoms with Crippen molar-refractivity contribution in [1.29, 1.82) is 0 Å². The minimum absolute atomic E-state index is 0.157. The minimum Gasteiger partial charge on any atom is -0.406 e. The first-order valence-corrected chi connectivity index (χ1v) is 10.0. The third-order valence-electron chi connectivity index (χ3n) is 4.36. The van der Waals surface area contributed by atoms with Gasteiger partial charge in [-0.1, -0.05) is 12.1 Å². The van der Waals surface area contributed by atoms with E-state index in [-0.39, 0.29) is 4.90 Å². The zero-order chi connectivity index (χ0) is 20.4. The molecule has 10 heteroatoms. The average Bonchev–Trinajstić information content (AvgIpc) is 2.62. The van der Waals surface area contributed by atoms with Crippen LogP contribution in [0.15, 0.2) is 53.4 Å². The molecule has 1 heterocycles. The van der Waals surface area contributed by atoms with Gasteiger partial charge in [-0.05, 0) is 43.4 Å². The molecule has 152 valence electrons. The number of nitrogens with zero attached hydrogens (tertiary/aromatic N) is 2. The number of hydrogen-bond donors (Lipinski definition) is 1. The molecule has 0 bridgehead atoms. The van der Waals surface area contributed by atoms with Crippen LogP contribution in [0.4, 0.5) is 24.5 Å². The molecular formula is C18H20F3N3O3S. The van der Waals surface area contributed by atoms with E-state index in [1.165, 1.54) is 0 Å². The molecule has 1 N–H and O–H groups in total. The largest absolute Gasteiger partial charge is 0.573 e. The number of nitrogens with one attached hydrogen (secondary N) is 1. The molecule has 0 radical (unpaired) electrons. The Balaban J connectivity index is 1.79. The van der Waals surface area contributed by atoms with E-state index in [4.69, 9.17) is 0 Å². The van der Waals surface area contributed by atoms with Crippen LogP contribution >= 0.6 is 0 Å². The van der Waals surface area contributed by atoms with Crippen molar-refractivity contribution in [2.24, 2.45) is 0 Å². The van der Waals surface area contributed by atoms with E-state index in [0.29, 0.717) is 5.69 Å². The quantitative estimate of drug-likeness (QED) is 0.813. The number of halogens is 3. The number of likely N-dealkylation sites (N-methyl/N-ethyl adjacent to an activating group) is 1. The summed E-state index contributed by atoms with van der Waals surface area (Å²) < 4.78 is 68.4. The first kappa shape index (κ1) is 20.3. The summed E-state index contributed by atoms with van der Waals surface area (Å²) in [7, 11) is -1.94. The molecule has 1 aliphatic heterocycles. The Labute approximate surface area is 161 Å². The summed E-state index contributed by atoms with van der Waals surface area (Å²) in [6, 6.07) is 11.1. The molecule has 1 aliphatic rings. The van der Waals surface area contributed by atoms with Gasteiger partial charge in [0.25, 0.3) is 10.0 Å². The van der Waals surface area contributed by atoms with Gasteiger partial charge in [0.2, 0.25) is 0 Å². The second-order valence-corrected chi connectivity index (χ2v) is 8.11. The molecule has 0 amide bonds. The fraction of sp³-hybridized carbons (Fsp3) is 0.333. The van der Waals surface area contributed by atoms with E-state index in [1.807, 2.05) is 19.2 Å². The number of ether oxygens (including phenoxy) is 1. The van der Waals surface area contributed by atoms with Crippen LogP contribution in [0.25, 0.3) is 0 Å². The molecule has 1 saturated heterocycles. The lowest BCUT2D eigenvalue weighted by Gasteiger charge is -2.35. The monoisotopic (exact) mass is 415 g/mol. The zero-order valence-corrected chi connectivity index (χ0v) is 15.9. The van der Waals surface area contributed by atoms with Gasteiger partial charge >= 0.3 is 6.36 Å². The van der Waals surface area contributed by atoms with E-state index < -0.39 is 22.1 Å². The lowest BCUT2D eigenvalue weighted by atomic mass is 10.2. The van der Waals surface area contributed by atoms with Crippen molar-refractivity contribution in [3.8, 4) is 5.75 Å². The Hall–Kier alpha value is -2.46. The van der Waals surface area contributed by atoms with Gasteiger partial charge in [0.15, 0.2) is 0 Å². The Kier molecular flexibility index (Phi) is 5.71. The summed E-state index contributed by atoms with van der Waals surface area (Å²) in [5, 5.41) is 0. The second kappa shape index (κ2) is 7.88. The molecule has 3 rings (SSSR count). The molecule has 1 fully saturated rings. The van der Waals surface area contributed by atoms with Gasteiger partial charge in [-0.15, -0.1) is 13.2 Å². The highest BCUT2D eigenvalue weighted by Crippen LogP contribution is 2.29.